The van der Waals surface area contributed by atoms with Crippen LogP contribution in [0.25, 0.3) is 0 Å². The summed E-state index contributed by atoms with van der Waals surface area (Å²) in [5, 5.41) is 2.82. The van der Waals surface area contributed by atoms with Crippen molar-refractivity contribution in [2.75, 3.05) is 19.8 Å². The van der Waals surface area contributed by atoms with E-state index in [0.717, 1.165) is 0 Å². The third-order valence-corrected chi connectivity index (χ3v) is 1.99. The molecule has 13 heavy (non-hydrogen) atoms. The predicted octanol–water partition coefficient (Wildman–Crippen LogP) is 1.43. The van der Waals surface area contributed by atoms with Crippen molar-refractivity contribution in [3.8, 4) is 0 Å². The van der Waals surface area contributed by atoms with Crippen LogP contribution < -0.4 is 5.32 Å². The van der Waals surface area contributed by atoms with E-state index in [0.29, 0.717) is 25.7 Å². The first kappa shape index (κ1) is 12.4. The average molecular weight is 187 g/mol. The molecule has 0 heterocycles. The van der Waals surface area contributed by atoms with Crippen molar-refractivity contribution in [2.24, 2.45) is 11.8 Å². The van der Waals surface area contributed by atoms with Gasteiger partial charge in [0.15, 0.2) is 0 Å². The van der Waals surface area contributed by atoms with Crippen molar-refractivity contribution in [3.63, 3.8) is 0 Å². The topological polar surface area (TPSA) is 38.3 Å². The van der Waals surface area contributed by atoms with Crippen LogP contribution in [0.15, 0.2) is 0 Å². The molecule has 0 aromatic carbocycles. The number of amides is 1. The van der Waals surface area contributed by atoms with Gasteiger partial charge in [-0.2, -0.15) is 0 Å². The van der Waals surface area contributed by atoms with E-state index in [4.69, 9.17) is 4.74 Å². The number of hydrogen-bond acceptors (Lipinski definition) is 2. The van der Waals surface area contributed by atoms with Crippen molar-refractivity contribution in [1.82, 2.24) is 5.32 Å². The lowest BCUT2D eigenvalue weighted by molar-refractivity contribution is -0.128. The Morgan fingerprint density at radius 3 is 2.38 bits per heavy atom. The molecule has 0 rings (SSSR count). The molecule has 1 N–H and O–H groups in total. The molecule has 0 aromatic rings. The van der Waals surface area contributed by atoms with E-state index in [1.807, 2.05) is 27.7 Å². The monoisotopic (exact) mass is 187 g/mol. The molecule has 0 aliphatic rings. The van der Waals surface area contributed by atoms with Crippen molar-refractivity contribution in [1.29, 1.82) is 0 Å². The Morgan fingerprint density at radius 1 is 1.38 bits per heavy atom. The molecule has 78 valence electrons. The molecule has 1 unspecified atom stereocenters. The summed E-state index contributed by atoms with van der Waals surface area (Å²) in [7, 11) is 0. The SMILES string of the molecule is CCNC(=O)C(COCC)C(C)C. The fourth-order valence-electron chi connectivity index (χ4n) is 1.12. The van der Waals surface area contributed by atoms with E-state index in [-0.39, 0.29) is 11.8 Å². The molecule has 0 aromatic heterocycles. The van der Waals surface area contributed by atoms with Gasteiger partial charge in [0.25, 0.3) is 0 Å². The fourth-order valence-corrected chi connectivity index (χ4v) is 1.12. The lowest BCUT2D eigenvalue weighted by atomic mass is 9.96. The van der Waals surface area contributed by atoms with Crippen LogP contribution in [0.3, 0.4) is 0 Å². The number of ether oxygens (including phenoxy) is 1. The summed E-state index contributed by atoms with van der Waals surface area (Å²) in [6, 6.07) is 0. The maximum atomic E-state index is 11.5. The summed E-state index contributed by atoms with van der Waals surface area (Å²) in [5.41, 5.74) is 0. The standard InChI is InChI=1S/C10H21NO2/c1-5-11-10(12)9(8(3)4)7-13-6-2/h8-9H,5-7H2,1-4H3,(H,11,12). The molecule has 3 heteroatoms. The van der Waals surface area contributed by atoms with Gasteiger partial charge in [-0.3, -0.25) is 4.79 Å². The number of hydrogen-bond donors (Lipinski definition) is 1. The summed E-state index contributed by atoms with van der Waals surface area (Å²) >= 11 is 0. The molecule has 0 fully saturated rings. The van der Waals surface area contributed by atoms with E-state index >= 15 is 0 Å². The first-order valence-electron chi connectivity index (χ1n) is 4.98. The van der Waals surface area contributed by atoms with Crippen molar-refractivity contribution >= 4 is 5.91 Å². The lowest BCUT2D eigenvalue weighted by Crippen LogP contribution is -2.36. The van der Waals surface area contributed by atoms with Gasteiger partial charge in [0, 0.05) is 13.2 Å². The third-order valence-electron chi connectivity index (χ3n) is 1.99. The second kappa shape index (κ2) is 6.89. The molecule has 1 atom stereocenters. The number of rotatable bonds is 6. The van der Waals surface area contributed by atoms with Crippen LogP contribution in [0.2, 0.25) is 0 Å². The van der Waals surface area contributed by atoms with Gasteiger partial charge in [0.05, 0.1) is 12.5 Å². The van der Waals surface area contributed by atoms with Crippen LogP contribution in [-0.2, 0) is 9.53 Å². The quantitative estimate of drug-likeness (QED) is 0.683. The maximum Gasteiger partial charge on any atom is 0.225 e. The molecule has 0 bridgehead atoms. The number of carbonyl (C=O) groups is 1. The van der Waals surface area contributed by atoms with Crippen LogP contribution in [0, 0.1) is 11.8 Å². The van der Waals surface area contributed by atoms with Crippen LogP contribution in [0.4, 0.5) is 0 Å². The van der Waals surface area contributed by atoms with Gasteiger partial charge < -0.3 is 10.1 Å². The van der Waals surface area contributed by atoms with Crippen molar-refractivity contribution < 1.29 is 9.53 Å². The normalized spacial score (nSPS) is 13.0. The molecule has 3 nitrogen and oxygen atoms in total. The van der Waals surface area contributed by atoms with Crippen LogP contribution in [-0.4, -0.2) is 25.7 Å². The number of carbonyl (C=O) groups excluding carboxylic acids is 1. The van der Waals surface area contributed by atoms with Gasteiger partial charge in [-0.05, 0) is 19.8 Å². The Labute approximate surface area is 80.8 Å². The van der Waals surface area contributed by atoms with Gasteiger partial charge in [0.1, 0.15) is 0 Å². The highest BCUT2D eigenvalue weighted by molar-refractivity contribution is 5.78. The second-order valence-corrected chi connectivity index (χ2v) is 3.40. The van der Waals surface area contributed by atoms with Gasteiger partial charge in [0.2, 0.25) is 5.91 Å². The maximum absolute atomic E-state index is 11.5. The minimum Gasteiger partial charge on any atom is -0.381 e. The van der Waals surface area contributed by atoms with Crippen molar-refractivity contribution in [3.05, 3.63) is 0 Å². The van der Waals surface area contributed by atoms with Crippen LogP contribution >= 0.6 is 0 Å². The zero-order valence-corrected chi connectivity index (χ0v) is 9.09. The predicted molar refractivity (Wildman–Crippen MR) is 53.5 cm³/mol. The van der Waals surface area contributed by atoms with E-state index in [1.165, 1.54) is 0 Å². The van der Waals surface area contributed by atoms with Gasteiger partial charge in [-0.25, -0.2) is 0 Å². The largest absolute Gasteiger partial charge is 0.381 e. The average Bonchev–Trinajstić information content (AvgIpc) is 2.05. The highest BCUT2D eigenvalue weighted by atomic mass is 16.5. The van der Waals surface area contributed by atoms with E-state index in [1.54, 1.807) is 0 Å². The lowest BCUT2D eigenvalue weighted by Gasteiger charge is -2.19. The summed E-state index contributed by atoms with van der Waals surface area (Å²) in [6.45, 7) is 9.83. The first-order chi connectivity index (χ1) is 6.13. The molecule has 0 aliphatic heterocycles. The molecular weight excluding hydrogens is 166 g/mol. The molecule has 0 aliphatic carbocycles. The summed E-state index contributed by atoms with van der Waals surface area (Å²) in [4.78, 5) is 11.5. The highest BCUT2D eigenvalue weighted by Gasteiger charge is 2.21. The Balaban J connectivity index is 3.99. The van der Waals surface area contributed by atoms with E-state index < -0.39 is 0 Å². The zero-order chi connectivity index (χ0) is 10.3. The second-order valence-electron chi connectivity index (χ2n) is 3.40. The minimum atomic E-state index is -0.0140. The highest BCUT2D eigenvalue weighted by Crippen LogP contribution is 2.11. The fraction of sp³-hybridized carbons (Fsp3) is 0.900. The Morgan fingerprint density at radius 2 is 2.00 bits per heavy atom. The summed E-state index contributed by atoms with van der Waals surface area (Å²) < 4.78 is 5.26. The molecule has 0 saturated carbocycles. The summed E-state index contributed by atoms with van der Waals surface area (Å²) in [5.74, 6) is 0.420. The molecule has 0 saturated heterocycles. The van der Waals surface area contributed by atoms with Gasteiger partial charge >= 0.3 is 0 Å². The Kier molecular flexibility index (Phi) is 6.59. The number of nitrogens with one attached hydrogen (secondary N) is 1. The minimum absolute atomic E-state index is 0.0140. The Bertz CT molecular complexity index is 146. The molecule has 1 amide bonds. The van der Waals surface area contributed by atoms with Crippen molar-refractivity contribution in [2.45, 2.75) is 27.7 Å². The first-order valence-corrected chi connectivity index (χ1v) is 4.98. The molecular formula is C10H21NO2. The smallest absolute Gasteiger partial charge is 0.225 e. The van der Waals surface area contributed by atoms with E-state index in [2.05, 4.69) is 5.32 Å². The van der Waals surface area contributed by atoms with Gasteiger partial charge in [-0.15, -0.1) is 0 Å². The van der Waals surface area contributed by atoms with Gasteiger partial charge in [-0.1, -0.05) is 13.8 Å². The third kappa shape index (κ3) is 4.88. The molecule has 0 radical (unpaired) electrons. The summed E-state index contributed by atoms with van der Waals surface area (Å²) in [6.07, 6.45) is 0. The molecule has 0 spiro atoms. The zero-order valence-electron chi connectivity index (χ0n) is 9.09. The van der Waals surface area contributed by atoms with E-state index in [9.17, 15) is 4.79 Å². The van der Waals surface area contributed by atoms with Crippen LogP contribution in [0.5, 0.6) is 0 Å². The Hall–Kier alpha value is -0.570. The van der Waals surface area contributed by atoms with Crippen LogP contribution in [0.1, 0.15) is 27.7 Å².